The van der Waals surface area contributed by atoms with E-state index in [4.69, 9.17) is 9.47 Å². The van der Waals surface area contributed by atoms with Crippen LogP contribution in [0.4, 0.5) is 4.79 Å². The van der Waals surface area contributed by atoms with Crippen molar-refractivity contribution >= 4 is 28.0 Å². The lowest BCUT2D eigenvalue weighted by molar-refractivity contribution is 0.0290. The lowest BCUT2D eigenvalue weighted by Gasteiger charge is -2.26. The molecule has 0 fully saturated rings. The first-order valence-corrected chi connectivity index (χ1v) is 11.1. The molecule has 0 saturated carbocycles. The molecular weight excluding hydrogens is 420 g/mol. The van der Waals surface area contributed by atoms with Gasteiger partial charge in [-0.1, -0.05) is 6.92 Å². The van der Waals surface area contributed by atoms with Crippen LogP contribution in [0.25, 0.3) is 21.9 Å². The van der Waals surface area contributed by atoms with E-state index in [1.54, 1.807) is 18.1 Å². The Morgan fingerprint density at radius 1 is 1.24 bits per heavy atom. The van der Waals surface area contributed by atoms with Gasteiger partial charge in [-0.25, -0.2) is 19.4 Å². The second-order valence-electron chi connectivity index (χ2n) is 9.09. The van der Waals surface area contributed by atoms with Crippen LogP contribution >= 0.6 is 0 Å². The van der Waals surface area contributed by atoms with Crippen LogP contribution in [0.1, 0.15) is 46.6 Å². The van der Waals surface area contributed by atoms with Crippen LogP contribution < -0.4 is 4.74 Å². The molecule has 1 atom stereocenters. The zero-order valence-corrected chi connectivity index (χ0v) is 19.7. The standard InChI is InChI=1S/C24H30N6O3/c1-6-17(10-12-29(5)23(31)33-24(2,3)4)30-21-19(14-28-30)22(27-15-26-21)32-18-7-8-20-16(13-18)9-11-25-20/h7-9,11,13-15,17,25H,6,10,12H2,1-5H3. The van der Waals surface area contributed by atoms with Gasteiger partial charge in [0.05, 0.1) is 12.2 Å². The smallest absolute Gasteiger partial charge is 0.410 e. The third-order valence-electron chi connectivity index (χ3n) is 5.41. The summed E-state index contributed by atoms with van der Waals surface area (Å²) in [5.74, 6) is 1.16. The van der Waals surface area contributed by atoms with Crippen LogP contribution in [-0.2, 0) is 4.74 Å². The van der Waals surface area contributed by atoms with E-state index in [9.17, 15) is 4.79 Å². The maximum atomic E-state index is 12.3. The van der Waals surface area contributed by atoms with Crippen molar-refractivity contribution in [3.8, 4) is 11.6 Å². The predicted molar refractivity (Wildman–Crippen MR) is 127 cm³/mol. The lowest BCUT2D eigenvalue weighted by Crippen LogP contribution is -2.35. The highest BCUT2D eigenvalue weighted by Gasteiger charge is 2.22. The Labute approximate surface area is 192 Å². The third kappa shape index (κ3) is 5.08. The van der Waals surface area contributed by atoms with Crippen LogP contribution in [0.2, 0.25) is 0 Å². The van der Waals surface area contributed by atoms with Crippen molar-refractivity contribution in [2.45, 2.75) is 52.2 Å². The zero-order chi connectivity index (χ0) is 23.6. The average Bonchev–Trinajstić information content (AvgIpc) is 3.40. The van der Waals surface area contributed by atoms with Crippen LogP contribution in [0, 0.1) is 0 Å². The Morgan fingerprint density at radius 2 is 2.06 bits per heavy atom. The minimum Gasteiger partial charge on any atom is -0.444 e. The molecule has 0 aliphatic rings. The summed E-state index contributed by atoms with van der Waals surface area (Å²) >= 11 is 0. The number of amides is 1. The summed E-state index contributed by atoms with van der Waals surface area (Å²) in [5.41, 5.74) is 1.23. The number of rotatable bonds is 7. The number of ether oxygens (including phenoxy) is 2. The highest BCUT2D eigenvalue weighted by atomic mass is 16.6. The number of aromatic nitrogens is 5. The number of hydrogen-bond acceptors (Lipinski definition) is 6. The number of benzene rings is 1. The first-order chi connectivity index (χ1) is 15.7. The lowest BCUT2D eigenvalue weighted by atomic mass is 10.1. The quantitative estimate of drug-likeness (QED) is 0.410. The Bertz CT molecular complexity index is 1260. The van der Waals surface area contributed by atoms with Crippen molar-refractivity contribution in [3.63, 3.8) is 0 Å². The summed E-state index contributed by atoms with van der Waals surface area (Å²) in [4.78, 5) is 25.9. The average molecular weight is 451 g/mol. The molecule has 3 heterocycles. The van der Waals surface area contributed by atoms with Crippen LogP contribution in [0.5, 0.6) is 11.6 Å². The molecule has 4 rings (SSSR count). The third-order valence-corrected chi connectivity index (χ3v) is 5.41. The maximum absolute atomic E-state index is 12.3. The molecule has 174 valence electrons. The molecule has 1 N–H and O–H groups in total. The van der Waals surface area contributed by atoms with E-state index in [0.717, 1.165) is 22.7 Å². The number of fused-ring (bicyclic) bond motifs is 2. The second-order valence-corrected chi connectivity index (χ2v) is 9.09. The second kappa shape index (κ2) is 9.09. The molecule has 9 heteroatoms. The molecule has 3 aromatic heterocycles. The SMILES string of the molecule is CCC(CCN(C)C(=O)OC(C)(C)C)n1ncc2c(Oc3ccc4[nH]ccc4c3)ncnc21. The van der Waals surface area contributed by atoms with E-state index < -0.39 is 5.60 Å². The van der Waals surface area contributed by atoms with E-state index >= 15 is 0 Å². The number of carbonyl (C=O) groups excluding carboxylic acids is 1. The molecule has 1 amide bonds. The van der Waals surface area contributed by atoms with Crippen molar-refractivity contribution in [3.05, 3.63) is 43.0 Å². The Kier molecular flexibility index (Phi) is 6.22. The van der Waals surface area contributed by atoms with Gasteiger partial charge >= 0.3 is 6.09 Å². The number of H-pyrrole nitrogens is 1. The Hall–Kier alpha value is -3.62. The topological polar surface area (TPSA) is 98.2 Å². The Balaban J connectivity index is 1.51. The normalized spacial score (nSPS) is 12.8. The highest BCUT2D eigenvalue weighted by Crippen LogP contribution is 2.30. The molecule has 9 nitrogen and oxygen atoms in total. The fourth-order valence-corrected chi connectivity index (χ4v) is 3.67. The minimum absolute atomic E-state index is 0.0614. The van der Waals surface area contributed by atoms with Gasteiger partial charge in [0.2, 0.25) is 5.88 Å². The van der Waals surface area contributed by atoms with Crippen LogP contribution in [0.15, 0.2) is 43.0 Å². The summed E-state index contributed by atoms with van der Waals surface area (Å²) in [5, 5.41) is 6.39. The van der Waals surface area contributed by atoms with E-state index in [2.05, 4.69) is 27.0 Å². The van der Waals surface area contributed by atoms with Crippen LogP contribution in [-0.4, -0.2) is 54.9 Å². The maximum Gasteiger partial charge on any atom is 0.410 e. The van der Waals surface area contributed by atoms with Crippen molar-refractivity contribution in [2.75, 3.05) is 13.6 Å². The molecule has 1 aromatic carbocycles. The van der Waals surface area contributed by atoms with Gasteiger partial charge in [-0.15, -0.1) is 0 Å². The van der Waals surface area contributed by atoms with Gasteiger partial charge in [0.1, 0.15) is 23.1 Å². The molecule has 0 spiro atoms. The molecule has 0 saturated heterocycles. The number of aromatic amines is 1. The first kappa shape index (κ1) is 22.6. The molecule has 1 unspecified atom stereocenters. The number of nitrogens with zero attached hydrogens (tertiary/aromatic N) is 5. The zero-order valence-electron chi connectivity index (χ0n) is 19.7. The van der Waals surface area contributed by atoms with Gasteiger partial charge in [-0.2, -0.15) is 5.10 Å². The van der Waals surface area contributed by atoms with Gasteiger partial charge < -0.3 is 19.4 Å². The first-order valence-electron chi connectivity index (χ1n) is 11.1. The Morgan fingerprint density at radius 3 is 2.82 bits per heavy atom. The van der Waals surface area contributed by atoms with Gasteiger partial charge in [-0.05, 0) is 57.9 Å². The van der Waals surface area contributed by atoms with Gasteiger partial charge in [-0.3, -0.25) is 0 Å². The summed E-state index contributed by atoms with van der Waals surface area (Å²) in [6.07, 6.45) is 6.34. The van der Waals surface area contributed by atoms with Crippen LogP contribution in [0.3, 0.4) is 0 Å². The molecule has 0 aliphatic heterocycles. The summed E-state index contributed by atoms with van der Waals surface area (Å²) in [7, 11) is 1.75. The molecule has 33 heavy (non-hydrogen) atoms. The van der Waals surface area contributed by atoms with Crippen molar-refractivity contribution < 1.29 is 14.3 Å². The van der Waals surface area contributed by atoms with E-state index in [1.165, 1.54) is 6.33 Å². The molecule has 0 radical (unpaired) electrons. The highest BCUT2D eigenvalue weighted by molar-refractivity contribution is 5.82. The monoisotopic (exact) mass is 450 g/mol. The fraction of sp³-hybridized carbons (Fsp3) is 0.417. The minimum atomic E-state index is -0.521. The van der Waals surface area contributed by atoms with Gasteiger partial charge in [0.15, 0.2) is 5.65 Å². The number of carbonyl (C=O) groups is 1. The number of nitrogens with one attached hydrogen (secondary N) is 1. The van der Waals surface area contributed by atoms with E-state index in [0.29, 0.717) is 30.2 Å². The van der Waals surface area contributed by atoms with E-state index in [-0.39, 0.29) is 12.1 Å². The molecule has 0 aliphatic carbocycles. The van der Waals surface area contributed by atoms with Gasteiger partial charge in [0, 0.05) is 30.7 Å². The summed E-state index contributed by atoms with van der Waals surface area (Å²) in [6, 6.07) is 7.90. The summed E-state index contributed by atoms with van der Waals surface area (Å²) in [6.45, 7) is 8.22. The van der Waals surface area contributed by atoms with Crippen molar-refractivity contribution in [1.29, 1.82) is 0 Å². The predicted octanol–water partition coefficient (Wildman–Crippen LogP) is 5.31. The molecular formula is C24H30N6O3. The largest absolute Gasteiger partial charge is 0.444 e. The summed E-state index contributed by atoms with van der Waals surface area (Å²) < 4.78 is 13.4. The van der Waals surface area contributed by atoms with Crippen molar-refractivity contribution in [2.24, 2.45) is 0 Å². The fourth-order valence-electron chi connectivity index (χ4n) is 3.67. The van der Waals surface area contributed by atoms with Gasteiger partial charge in [0.25, 0.3) is 0 Å². The number of hydrogen-bond donors (Lipinski definition) is 1. The van der Waals surface area contributed by atoms with E-state index in [1.807, 2.05) is 55.9 Å². The molecule has 0 bridgehead atoms. The van der Waals surface area contributed by atoms with Crippen molar-refractivity contribution in [1.82, 2.24) is 29.6 Å². The molecule has 4 aromatic rings.